The van der Waals surface area contributed by atoms with Crippen molar-refractivity contribution >= 4 is 17.7 Å². The molecule has 0 fully saturated rings. The molecule has 0 spiro atoms. The van der Waals surface area contributed by atoms with Gasteiger partial charge in [-0.15, -0.1) is 0 Å². The van der Waals surface area contributed by atoms with E-state index in [0.29, 0.717) is 6.42 Å². The number of ketones is 1. The van der Waals surface area contributed by atoms with Crippen molar-refractivity contribution in [1.82, 2.24) is 0 Å². The summed E-state index contributed by atoms with van der Waals surface area (Å²) in [6.45, 7) is 6.98. The lowest BCUT2D eigenvalue weighted by molar-refractivity contribution is -0.113. The van der Waals surface area contributed by atoms with Crippen LogP contribution in [0.3, 0.4) is 0 Å². The third-order valence-corrected chi connectivity index (χ3v) is 1.37. The standard InChI is InChI=1S/C10H18N2O3/c1-5-6-7(13)8(11)12-9(14)15-10(2,3)4/h5-6H2,1-4H3,(H2,11,12,14). The molecular formula is C10H18N2O3. The number of hydrogen-bond donors (Lipinski definition) is 1. The van der Waals surface area contributed by atoms with Crippen molar-refractivity contribution in [3.05, 3.63) is 0 Å². The van der Waals surface area contributed by atoms with Crippen LogP contribution in [0.5, 0.6) is 0 Å². The van der Waals surface area contributed by atoms with Crippen LogP contribution < -0.4 is 5.73 Å². The molecule has 0 rings (SSSR count). The molecule has 0 aromatic rings. The summed E-state index contributed by atoms with van der Waals surface area (Å²) in [5, 5.41) is 0. The zero-order valence-corrected chi connectivity index (χ0v) is 9.66. The van der Waals surface area contributed by atoms with Gasteiger partial charge in [0.05, 0.1) is 0 Å². The number of nitrogens with two attached hydrogens (primary N) is 1. The molecule has 0 heterocycles. The number of nitrogens with zero attached hydrogens (tertiary/aromatic N) is 1. The van der Waals surface area contributed by atoms with Gasteiger partial charge in [0.25, 0.3) is 0 Å². The van der Waals surface area contributed by atoms with Crippen LogP contribution in [-0.4, -0.2) is 23.3 Å². The lowest BCUT2D eigenvalue weighted by Gasteiger charge is -2.17. The predicted molar refractivity (Wildman–Crippen MR) is 57.8 cm³/mol. The molecule has 0 saturated carbocycles. The number of ether oxygens (including phenoxy) is 1. The van der Waals surface area contributed by atoms with Gasteiger partial charge in [0, 0.05) is 6.42 Å². The van der Waals surface area contributed by atoms with Crippen molar-refractivity contribution in [2.75, 3.05) is 0 Å². The molecule has 0 bridgehead atoms. The molecule has 2 N–H and O–H groups in total. The smallest absolute Gasteiger partial charge is 0.436 e. The SMILES string of the molecule is CCCC(=O)C(N)=NC(=O)OC(C)(C)C. The molecule has 1 amide bonds. The van der Waals surface area contributed by atoms with Crippen LogP contribution in [0.4, 0.5) is 4.79 Å². The highest BCUT2D eigenvalue weighted by Crippen LogP contribution is 2.07. The molecule has 0 aliphatic rings. The highest BCUT2D eigenvalue weighted by atomic mass is 16.6. The van der Waals surface area contributed by atoms with Crippen LogP contribution in [0.1, 0.15) is 40.5 Å². The summed E-state index contributed by atoms with van der Waals surface area (Å²) in [6, 6.07) is 0. The van der Waals surface area contributed by atoms with E-state index in [2.05, 4.69) is 4.99 Å². The van der Waals surface area contributed by atoms with E-state index in [9.17, 15) is 9.59 Å². The number of rotatable bonds is 3. The summed E-state index contributed by atoms with van der Waals surface area (Å²) < 4.78 is 4.88. The van der Waals surface area contributed by atoms with Gasteiger partial charge in [-0.05, 0) is 27.2 Å². The summed E-state index contributed by atoms with van der Waals surface area (Å²) in [4.78, 5) is 25.7. The van der Waals surface area contributed by atoms with Gasteiger partial charge in [-0.1, -0.05) is 6.92 Å². The van der Waals surface area contributed by atoms with Crippen molar-refractivity contribution in [1.29, 1.82) is 0 Å². The van der Waals surface area contributed by atoms with Gasteiger partial charge in [-0.25, -0.2) is 4.79 Å². The Morgan fingerprint density at radius 3 is 2.27 bits per heavy atom. The van der Waals surface area contributed by atoms with E-state index < -0.39 is 11.7 Å². The Balaban J connectivity index is 4.36. The number of amides is 1. The van der Waals surface area contributed by atoms with E-state index >= 15 is 0 Å². The third-order valence-electron chi connectivity index (χ3n) is 1.37. The lowest BCUT2D eigenvalue weighted by Crippen LogP contribution is -2.28. The maximum absolute atomic E-state index is 11.2. The Bertz CT molecular complexity index is 277. The van der Waals surface area contributed by atoms with Crippen LogP contribution in [0.2, 0.25) is 0 Å². The molecule has 0 unspecified atom stereocenters. The minimum absolute atomic E-state index is 0.286. The van der Waals surface area contributed by atoms with Crippen LogP contribution in [-0.2, 0) is 9.53 Å². The molecule has 0 aromatic heterocycles. The number of aliphatic imine (C=N–C) groups is 1. The highest BCUT2D eigenvalue weighted by molar-refractivity contribution is 6.39. The van der Waals surface area contributed by atoms with E-state index in [4.69, 9.17) is 10.5 Å². The topological polar surface area (TPSA) is 81.8 Å². The van der Waals surface area contributed by atoms with Crippen molar-refractivity contribution in [3.8, 4) is 0 Å². The summed E-state index contributed by atoms with van der Waals surface area (Å²) in [7, 11) is 0. The Morgan fingerprint density at radius 1 is 1.33 bits per heavy atom. The molecule has 0 aliphatic heterocycles. The fourth-order valence-corrected chi connectivity index (χ4v) is 0.801. The van der Waals surface area contributed by atoms with E-state index in [1.54, 1.807) is 20.8 Å². The van der Waals surface area contributed by atoms with Gasteiger partial charge in [-0.3, -0.25) is 4.79 Å². The monoisotopic (exact) mass is 214 g/mol. The van der Waals surface area contributed by atoms with Crippen LogP contribution >= 0.6 is 0 Å². The first-order valence-corrected chi connectivity index (χ1v) is 4.86. The van der Waals surface area contributed by atoms with Crippen LogP contribution in [0.25, 0.3) is 0 Å². The Kier molecular flexibility index (Phi) is 4.97. The summed E-state index contributed by atoms with van der Waals surface area (Å²) >= 11 is 0. The van der Waals surface area contributed by atoms with Crippen LogP contribution in [0.15, 0.2) is 4.99 Å². The number of hydrogen-bond acceptors (Lipinski definition) is 3. The largest absolute Gasteiger partial charge is 0.442 e. The summed E-state index contributed by atoms with van der Waals surface area (Å²) in [5.74, 6) is -0.616. The number of Topliss-reactive ketones (excluding diaryl/α,β-unsaturated/α-hetero) is 1. The number of carbonyl (C=O) groups is 2. The Morgan fingerprint density at radius 2 is 1.87 bits per heavy atom. The van der Waals surface area contributed by atoms with Gasteiger partial charge < -0.3 is 10.5 Å². The second kappa shape index (κ2) is 5.48. The fourth-order valence-electron chi connectivity index (χ4n) is 0.801. The maximum Gasteiger partial charge on any atom is 0.436 e. The molecule has 86 valence electrons. The van der Waals surface area contributed by atoms with Crippen molar-refractivity contribution in [2.24, 2.45) is 10.7 Å². The minimum atomic E-state index is -0.829. The third kappa shape index (κ3) is 6.65. The predicted octanol–water partition coefficient (Wildman–Crippen LogP) is 1.65. The Hall–Kier alpha value is -1.39. The first-order valence-electron chi connectivity index (χ1n) is 4.86. The number of amidine groups is 1. The first kappa shape index (κ1) is 13.6. The molecule has 15 heavy (non-hydrogen) atoms. The van der Waals surface area contributed by atoms with Gasteiger partial charge in [-0.2, -0.15) is 4.99 Å². The molecule has 5 nitrogen and oxygen atoms in total. The quantitative estimate of drug-likeness (QED) is 0.572. The second-order valence-corrected chi connectivity index (χ2v) is 4.15. The van der Waals surface area contributed by atoms with E-state index in [-0.39, 0.29) is 18.0 Å². The molecule has 5 heteroatoms. The summed E-state index contributed by atoms with van der Waals surface area (Å²) in [6.07, 6.45) is 0.131. The minimum Gasteiger partial charge on any atom is -0.442 e. The van der Waals surface area contributed by atoms with Gasteiger partial charge >= 0.3 is 6.09 Å². The van der Waals surface area contributed by atoms with Crippen molar-refractivity contribution < 1.29 is 14.3 Å². The average Bonchev–Trinajstić information content (AvgIpc) is 2.00. The average molecular weight is 214 g/mol. The first-order chi connectivity index (χ1) is 6.76. The Labute approximate surface area is 89.7 Å². The van der Waals surface area contributed by atoms with Gasteiger partial charge in [0.2, 0.25) is 0 Å². The fraction of sp³-hybridized carbons (Fsp3) is 0.700. The van der Waals surface area contributed by atoms with E-state index in [1.807, 2.05) is 6.92 Å². The molecular weight excluding hydrogens is 196 g/mol. The molecule has 0 aromatic carbocycles. The van der Waals surface area contributed by atoms with Gasteiger partial charge in [0.1, 0.15) is 5.60 Å². The van der Waals surface area contributed by atoms with E-state index in [1.165, 1.54) is 0 Å². The lowest BCUT2D eigenvalue weighted by atomic mass is 10.2. The van der Waals surface area contributed by atoms with Crippen molar-refractivity contribution in [2.45, 2.75) is 46.1 Å². The normalized spacial score (nSPS) is 12.4. The van der Waals surface area contributed by atoms with Crippen LogP contribution in [0, 0.1) is 0 Å². The maximum atomic E-state index is 11.2. The molecule has 0 radical (unpaired) electrons. The molecule has 0 saturated heterocycles. The summed E-state index contributed by atoms with van der Waals surface area (Å²) in [5.41, 5.74) is 4.69. The van der Waals surface area contributed by atoms with E-state index in [0.717, 1.165) is 0 Å². The van der Waals surface area contributed by atoms with Crippen molar-refractivity contribution in [3.63, 3.8) is 0 Å². The second-order valence-electron chi connectivity index (χ2n) is 4.15. The highest BCUT2D eigenvalue weighted by Gasteiger charge is 2.17. The molecule has 0 aliphatic carbocycles. The molecule has 0 atom stereocenters. The zero-order chi connectivity index (χ0) is 12.1. The van der Waals surface area contributed by atoms with Gasteiger partial charge in [0.15, 0.2) is 11.6 Å². The number of carbonyl (C=O) groups excluding carboxylic acids is 2. The zero-order valence-electron chi connectivity index (χ0n) is 9.66.